The smallest absolute Gasteiger partial charge is 0.271 e. The highest BCUT2D eigenvalue weighted by Gasteiger charge is 2.24. The lowest BCUT2D eigenvalue weighted by molar-refractivity contribution is -0.131. The lowest BCUT2D eigenvalue weighted by Gasteiger charge is -2.35. The second-order valence-electron chi connectivity index (χ2n) is 7.37. The van der Waals surface area contributed by atoms with Gasteiger partial charge in [-0.3, -0.25) is 14.5 Å². The van der Waals surface area contributed by atoms with Crippen molar-refractivity contribution < 1.29 is 4.79 Å². The van der Waals surface area contributed by atoms with Crippen LogP contribution in [0.25, 0.3) is 10.9 Å². The fourth-order valence-corrected chi connectivity index (χ4v) is 4.01. The number of aromatic amines is 1. The molecule has 6 nitrogen and oxygen atoms in total. The van der Waals surface area contributed by atoms with Gasteiger partial charge in [0.1, 0.15) is 5.69 Å². The van der Waals surface area contributed by atoms with Crippen LogP contribution in [0.3, 0.4) is 0 Å². The lowest BCUT2D eigenvalue weighted by Crippen LogP contribution is -2.50. The van der Waals surface area contributed by atoms with E-state index in [1.807, 2.05) is 36.1 Å². The van der Waals surface area contributed by atoms with E-state index in [9.17, 15) is 9.59 Å². The van der Waals surface area contributed by atoms with Gasteiger partial charge in [-0.05, 0) is 31.4 Å². The van der Waals surface area contributed by atoms with Crippen molar-refractivity contribution in [1.29, 1.82) is 0 Å². The lowest BCUT2D eigenvalue weighted by atomic mass is 10.1. The summed E-state index contributed by atoms with van der Waals surface area (Å²) in [5.74, 6) is 0.245. The molecule has 4 rings (SSSR count). The zero-order valence-corrected chi connectivity index (χ0v) is 15.3. The highest BCUT2D eigenvalue weighted by Crippen LogP contribution is 2.20. The molecular weight excluding hydrogens is 328 g/mol. The Bertz CT molecular complexity index is 862. The molecule has 6 heteroatoms. The average molecular weight is 354 g/mol. The van der Waals surface area contributed by atoms with E-state index in [1.165, 1.54) is 0 Å². The molecule has 2 aliphatic rings. The molecule has 0 atom stereocenters. The first kappa shape index (κ1) is 17.1. The van der Waals surface area contributed by atoms with Crippen LogP contribution in [-0.4, -0.2) is 66.5 Å². The second kappa shape index (κ2) is 7.11. The van der Waals surface area contributed by atoms with Gasteiger partial charge in [0.2, 0.25) is 5.91 Å². The number of amides is 1. The normalized spacial score (nSPS) is 18.7. The zero-order chi connectivity index (χ0) is 18.1. The summed E-state index contributed by atoms with van der Waals surface area (Å²) in [6.07, 6.45) is 2.26. The van der Waals surface area contributed by atoms with Gasteiger partial charge in [0.25, 0.3) is 5.56 Å². The number of fused-ring (bicyclic) bond motifs is 1. The number of piperazine rings is 1. The third-order valence-corrected chi connectivity index (χ3v) is 5.60. The number of carbonyl (C=O) groups excluding carboxylic acids is 1. The molecule has 2 aliphatic heterocycles. The summed E-state index contributed by atoms with van der Waals surface area (Å²) in [6.45, 7) is 7.49. The molecule has 1 aromatic carbocycles. The van der Waals surface area contributed by atoms with Crippen molar-refractivity contribution in [2.24, 2.45) is 0 Å². The number of likely N-dealkylation sites (tertiary alicyclic amines) is 1. The molecule has 0 aliphatic carbocycles. The van der Waals surface area contributed by atoms with Crippen molar-refractivity contribution in [2.45, 2.75) is 19.8 Å². The fourth-order valence-electron chi connectivity index (χ4n) is 4.01. The van der Waals surface area contributed by atoms with Gasteiger partial charge in [0, 0.05) is 44.7 Å². The number of H-pyrrole nitrogens is 1. The van der Waals surface area contributed by atoms with Crippen molar-refractivity contribution in [1.82, 2.24) is 14.8 Å². The minimum Gasteiger partial charge on any atom is -0.365 e. The Labute approximate surface area is 153 Å². The summed E-state index contributed by atoms with van der Waals surface area (Å²) in [5.41, 5.74) is 2.69. The van der Waals surface area contributed by atoms with Crippen LogP contribution in [0.4, 0.5) is 5.69 Å². The minimum absolute atomic E-state index is 0.0339. The van der Waals surface area contributed by atoms with Crippen LogP contribution in [0, 0.1) is 6.92 Å². The first-order valence-electron chi connectivity index (χ1n) is 9.49. The van der Waals surface area contributed by atoms with Gasteiger partial charge in [-0.25, -0.2) is 0 Å². The third-order valence-electron chi connectivity index (χ3n) is 5.60. The quantitative estimate of drug-likeness (QED) is 0.909. The number of aromatic nitrogens is 1. The van der Waals surface area contributed by atoms with Gasteiger partial charge in [0.05, 0.1) is 12.1 Å². The molecule has 1 amide bonds. The standard InChI is InChI=1S/C20H26N4O2/c1-15-5-4-6-16-13-17(20(26)21-19(15)16)23-11-9-22(10-12-23)14-18(25)24-7-2-3-8-24/h4-6,13H,2-3,7-12,14H2,1H3,(H,21,26). The molecule has 0 unspecified atom stereocenters. The summed E-state index contributed by atoms with van der Waals surface area (Å²) in [5, 5.41) is 1.06. The van der Waals surface area contributed by atoms with E-state index in [2.05, 4.69) is 14.8 Å². The second-order valence-corrected chi connectivity index (χ2v) is 7.37. The molecule has 2 aromatic rings. The van der Waals surface area contributed by atoms with Crippen LogP contribution in [0.1, 0.15) is 18.4 Å². The van der Waals surface area contributed by atoms with Crippen molar-refractivity contribution in [3.8, 4) is 0 Å². The third kappa shape index (κ3) is 3.33. The highest BCUT2D eigenvalue weighted by atomic mass is 16.2. The van der Waals surface area contributed by atoms with E-state index in [4.69, 9.17) is 0 Å². The maximum Gasteiger partial charge on any atom is 0.271 e. The Balaban J connectivity index is 1.43. The minimum atomic E-state index is -0.0339. The number of carbonyl (C=O) groups is 1. The van der Waals surface area contributed by atoms with Crippen LogP contribution in [0.5, 0.6) is 0 Å². The summed E-state index contributed by atoms with van der Waals surface area (Å²) >= 11 is 0. The van der Waals surface area contributed by atoms with E-state index in [0.29, 0.717) is 6.54 Å². The molecule has 26 heavy (non-hydrogen) atoms. The first-order valence-corrected chi connectivity index (χ1v) is 9.49. The summed E-state index contributed by atoms with van der Waals surface area (Å²) in [7, 11) is 0. The van der Waals surface area contributed by atoms with E-state index >= 15 is 0 Å². The number of nitrogens with one attached hydrogen (secondary N) is 1. The Morgan fingerprint density at radius 1 is 1.08 bits per heavy atom. The van der Waals surface area contributed by atoms with E-state index < -0.39 is 0 Å². The molecule has 2 saturated heterocycles. The number of benzene rings is 1. The molecule has 1 N–H and O–H groups in total. The molecule has 2 fully saturated rings. The van der Waals surface area contributed by atoms with Crippen LogP contribution in [-0.2, 0) is 4.79 Å². The number of hydrogen-bond acceptors (Lipinski definition) is 4. The number of rotatable bonds is 3. The van der Waals surface area contributed by atoms with Gasteiger partial charge in [-0.2, -0.15) is 0 Å². The van der Waals surface area contributed by atoms with Crippen LogP contribution >= 0.6 is 0 Å². The number of hydrogen-bond donors (Lipinski definition) is 1. The predicted molar refractivity (Wildman–Crippen MR) is 104 cm³/mol. The molecule has 0 spiro atoms. The maximum atomic E-state index is 12.5. The topological polar surface area (TPSA) is 59.6 Å². The molecule has 138 valence electrons. The van der Waals surface area contributed by atoms with Gasteiger partial charge < -0.3 is 14.8 Å². The van der Waals surface area contributed by atoms with E-state index in [-0.39, 0.29) is 11.5 Å². The van der Waals surface area contributed by atoms with Crippen molar-refractivity contribution in [2.75, 3.05) is 50.7 Å². The van der Waals surface area contributed by atoms with Crippen molar-refractivity contribution in [3.63, 3.8) is 0 Å². The van der Waals surface area contributed by atoms with Crippen LogP contribution in [0.2, 0.25) is 0 Å². The van der Waals surface area contributed by atoms with E-state index in [1.54, 1.807) is 0 Å². The molecule has 1 aromatic heterocycles. The fraction of sp³-hybridized carbons (Fsp3) is 0.500. The predicted octanol–water partition coefficient (Wildman–Crippen LogP) is 1.58. The first-order chi connectivity index (χ1) is 12.6. The zero-order valence-electron chi connectivity index (χ0n) is 15.3. The largest absolute Gasteiger partial charge is 0.365 e. The van der Waals surface area contributed by atoms with E-state index in [0.717, 1.165) is 74.3 Å². The Morgan fingerprint density at radius 3 is 2.54 bits per heavy atom. The number of nitrogens with zero attached hydrogens (tertiary/aromatic N) is 3. The van der Waals surface area contributed by atoms with Crippen molar-refractivity contribution >= 4 is 22.5 Å². The monoisotopic (exact) mass is 354 g/mol. The van der Waals surface area contributed by atoms with Crippen LogP contribution < -0.4 is 10.5 Å². The Morgan fingerprint density at radius 2 is 1.81 bits per heavy atom. The molecule has 0 radical (unpaired) electrons. The maximum absolute atomic E-state index is 12.5. The van der Waals surface area contributed by atoms with Crippen LogP contribution in [0.15, 0.2) is 29.1 Å². The molecule has 3 heterocycles. The molecule has 0 saturated carbocycles. The Kier molecular flexibility index (Phi) is 4.68. The number of aryl methyl sites for hydroxylation is 1. The summed E-state index contributed by atoms with van der Waals surface area (Å²) in [4.78, 5) is 34.2. The molecule has 0 bridgehead atoms. The Hall–Kier alpha value is -2.34. The van der Waals surface area contributed by atoms with Crippen molar-refractivity contribution in [3.05, 3.63) is 40.2 Å². The highest BCUT2D eigenvalue weighted by molar-refractivity contribution is 5.84. The average Bonchev–Trinajstić information content (AvgIpc) is 3.18. The number of pyridine rings is 1. The van der Waals surface area contributed by atoms with Gasteiger partial charge in [0.15, 0.2) is 0 Å². The van der Waals surface area contributed by atoms with Gasteiger partial charge >= 0.3 is 0 Å². The number of para-hydroxylation sites is 1. The molecular formula is C20H26N4O2. The van der Waals surface area contributed by atoms with Gasteiger partial charge in [-0.15, -0.1) is 0 Å². The summed E-state index contributed by atoms with van der Waals surface area (Å²) < 4.78 is 0. The van der Waals surface area contributed by atoms with Gasteiger partial charge in [-0.1, -0.05) is 18.2 Å². The number of anilines is 1. The summed E-state index contributed by atoms with van der Waals surface area (Å²) in [6, 6.07) is 8.05. The SMILES string of the molecule is Cc1cccc2cc(N3CCN(CC(=O)N4CCCC4)CC3)c(=O)[nH]c12.